The molecule has 2 aromatic heterocycles. The van der Waals surface area contributed by atoms with Gasteiger partial charge in [-0.3, -0.25) is 0 Å². The van der Waals surface area contributed by atoms with Crippen LogP contribution in [0.5, 0.6) is 0 Å². The van der Waals surface area contributed by atoms with E-state index in [9.17, 15) is 13.0 Å². The number of fused-ring (bicyclic) bond motifs is 3. The van der Waals surface area contributed by atoms with Crippen molar-refractivity contribution in [3.05, 3.63) is 84.1 Å². The molecule has 0 bridgehead atoms. The van der Waals surface area contributed by atoms with Crippen molar-refractivity contribution in [2.24, 2.45) is 0 Å². The van der Waals surface area contributed by atoms with Gasteiger partial charge in [-0.1, -0.05) is 36.4 Å². The van der Waals surface area contributed by atoms with Gasteiger partial charge >= 0.3 is 0 Å². The van der Waals surface area contributed by atoms with E-state index in [1.807, 2.05) is 57.4 Å². The standard InChI is InChI=1S/C27H30N4O3S2/c1-26(2,3)35(32)29-25(24-22-13-14-27(15-16-27)30(22)18-28-24)23-17-19-9-7-8-12-21(19)31(23)36(33,34)20-10-5-4-6-11-20/h4-12,17-18,25,29H,13-16H2,1-3H3/t25-,35?/m0/s1. The summed E-state index contributed by atoms with van der Waals surface area (Å²) in [4.78, 5) is 5.01. The summed E-state index contributed by atoms with van der Waals surface area (Å²) in [5.74, 6) is 0. The van der Waals surface area contributed by atoms with Gasteiger partial charge in [0.05, 0.1) is 28.1 Å². The highest BCUT2D eigenvalue weighted by Crippen LogP contribution is 2.53. The zero-order valence-electron chi connectivity index (χ0n) is 20.6. The molecule has 6 rings (SSSR count). The lowest BCUT2D eigenvalue weighted by molar-refractivity contribution is 0.507. The first-order valence-corrected chi connectivity index (χ1v) is 14.9. The fraction of sp³-hybridized carbons (Fsp3) is 0.370. The molecule has 1 spiro atoms. The van der Waals surface area contributed by atoms with Crippen LogP contribution < -0.4 is 4.72 Å². The lowest BCUT2D eigenvalue weighted by Crippen LogP contribution is -2.42. The molecule has 36 heavy (non-hydrogen) atoms. The fourth-order valence-electron chi connectivity index (χ4n) is 5.25. The van der Waals surface area contributed by atoms with Crippen LogP contribution in [0, 0.1) is 0 Å². The maximum absolute atomic E-state index is 14.1. The zero-order valence-corrected chi connectivity index (χ0v) is 22.3. The molecule has 7 nitrogen and oxygen atoms in total. The van der Waals surface area contributed by atoms with E-state index in [0.717, 1.165) is 42.5 Å². The molecule has 2 aromatic carbocycles. The van der Waals surface area contributed by atoms with Crippen molar-refractivity contribution in [1.82, 2.24) is 18.2 Å². The Bertz CT molecular complexity index is 1550. The quantitative estimate of drug-likeness (QED) is 0.372. The van der Waals surface area contributed by atoms with Gasteiger partial charge in [0.15, 0.2) is 0 Å². The molecule has 1 aliphatic carbocycles. The van der Waals surface area contributed by atoms with E-state index < -0.39 is 32.2 Å². The van der Waals surface area contributed by atoms with Gasteiger partial charge in [-0.15, -0.1) is 4.72 Å². The first-order chi connectivity index (χ1) is 17.1. The van der Waals surface area contributed by atoms with Gasteiger partial charge in [-0.2, -0.15) is 0 Å². The predicted molar refractivity (Wildman–Crippen MR) is 142 cm³/mol. The minimum absolute atomic E-state index is 0.164. The molecule has 1 aliphatic heterocycles. The van der Waals surface area contributed by atoms with Crippen molar-refractivity contribution in [2.75, 3.05) is 0 Å². The van der Waals surface area contributed by atoms with Gasteiger partial charge in [0.25, 0.3) is 10.0 Å². The average molecular weight is 523 g/mol. The van der Waals surface area contributed by atoms with Gasteiger partial charge in [0.2, 0.25) is 0 Å². The van der Waals surface area contributed by atoms with E-state index in [0.29, 0.717) is 11.2 Å². The number of para-hydroxylation sites is 1. The second-order valence-corrected chi connectivity index (χ2v) is 14.6. The van der Waals surface area contributed by atoms with Crippen LogP contribution in [0.25, 0.3) is 10.9 Å². The molecule has 1 saturated carbocycles. The summed E-state index contributed by atoms with van der Waals surface area (Å²) in [6.45, 7) is 5.71. The molecule has 0 radical (unpaired) electrons. The molecule has 2 aliphatic rings. The van der Waals surface area contributed by atoms with Crippen LogP contribution >= 0.6 is 0 Å². The molecular formula is C27H30N4O3S2. The highest BCUT2D eigenvalue weighted by Gasteiger charge is 2.50. The van der Waals surface area contributed by atoms with Crippen molar-refractivity contribution in [1.29, 1.82) is 0 Å². The average Bonchev–Trinajstić information content (AvgIpc) is 3.19. The molecule has 3 heterocycles. The Morgan fingerprint density at radius 1 is 1.06 bits per heavy atom. The largest absolute Gasteiger partial charge is 0.598 e. The Labute approximate surface area is 214 Å². The van der Waals surface area contributed by atoms with Gasteiger partial charge in [-0.05, 0) is 70.7 Å². The maximum Gasteiger partial charge on any atom is 0.268 e. The number of nitrogens with one attached hydrogen (secondary N) is 1. The maximum atomic E-state index is 14.1. The van der Waals surface area contributed by atoms with Crippen LogP contribution in [-0.2, 0) is 33.3 Å². The lowest BCUT2D eigenvalue weighted by atomic mass is 10.1. The van der Waals surface area contributed by atoms with E-state index in [-0.39, 0.29) is 10.4 Å². The highest BCUT2D eigenvalue weighted by molar-refractivity contribution is 7.91. The Morgan fingerprint density at radius 3 is 2.44 bits per heavy atom. The third-order valence-corrected chi connectivity index (χ3v) is 10.7. The summed E-state index contributed by atoms with van der Waals surface area (Å²) in [5, 5.41) is 0.801. The van der Waals surface area contributed by atoms with Crippen molar-refractivity contribution in [3.8, 4) is 0 Å². The first kappa shape index (κ1) is 23.8. The summed E-state index contributed by atoms with van der Waals surface area (Å²) in [5.41, 5.74) is 3.11. The van der Waals surface area contributed by atoms with E-state index in [2.05, 4.69) is 9.29 Å². The Hall–Kier alpha value is -2.59. The van der Waals surface area contributed by atoms with Crippen molar-refractivity contribution < 1.29 is 13.0 Å². The molecule has 188 valence electrons. The summed E-state index contributed by atoms with van der Waals surface area (Å²) < 4.78 is 48.0. The van der Waals surface area contributed by atoms with E-state index in [1.54, 1.807) is 30.3 Å². The summed E-state index contributed by atoms with van der Waals surface area (Å²) in [6.07, 6.45) is 6.12. The first-order valence-electron chi connectivity index (χ1n) is 12.3. The van der Waals surface area contributed by atoms with Crippen molar-refractivity contribution >= 4 is 32.3 Å². The molecule has 1 N–H and O–H groups in total. The van der Waals surface area contributed by atoms with Crippen molar-refractivity contribution in [3.63, 3.8) is 0 Å². The third kappa shape index (κ3) is 3.72. The summed E-state index contributed by atoms with van der Waals surface area (Å²) >= 11 is -1.46. The monoisotopic (exact) mass is 522 g/mol. The van der Waals surface area contributed by atoms with Crippen LogP contribution in [0.4, 0.5) is 0 Å². The lowest BCUT2D eigenvalue weighted by Gasteiger charge is -2.28. The second kappa shape index (κ2) is 8.21. The molecule has 1 fully saturated rings. The van der Waals surface area contributed by atoms with Gasteiger partial charge < -0.3 is 9.12 Å². The van der Waals surface area contributed by atoms with E-state index in [1.165, 1.54) is 3.97 Å². The summed E-state index contributed by atoms with van der Waals surface area (Å²) in [6, 6.07) is 17.1. The molecule has 0 amide bonds. The van der Waals surface area contributed by atoms with Crippen LogP contribution in [0.15, 0.2) is 71.9 Å². The Balaban J connectivity index is 1.59. The number of hydrogen-bond acceptors (Lipinski definition) is 5. The SMILES string of the molecule is CC(C)(C)[S+]([O-])N[C@H](c1ncn2c1CCC21CC1)c1cc2ccccc2n1S(=O)(=O)c1ccccc1. The second-order valence-electron chi connectivity index (χ2n) is 10.8. The number of rotatable bonds is 6. The number of hydrogen-bond donors (Lipinski definition) is 1. The molecule has 1 unspecified atom stereocenters. The van der Waals surface area contributed by atoms with E-state index >= 15 is 0 Å². The van der Waals surface area contributed by atoms with Gasteiger partial charge in [0, 0.05) is 28.0 Å². The van der Waals surface area contributed by atoms with Crippen LogP contribution in [0.3, 0.4) is 0 Å². The highest BCUT2D eigenvalue weighted by atomic mass is 32.2. The van der Waals surface area contributed by atoms with Crippen LogP contribution in [-0.4, -0.2) is 31.2 Å². The molecule has 0 saturated heterocycles. The normalized spacial score (nSPS) is 18.4. The Morgan fingerprint density at radius 2 is 1.75 bits per heavy atom. The zero-order chi connectivity index (χ0) is 25.3. The topological polar surface area (TPSA) is 92.0 Å². The predicted octanol–water partition coefficient (Wildman–Crippen LogP) is 4.65. The molecule has 9 heteroatoms. The number of benzene rings is 2. The van der Waals surface area contributed by atoms with E-state index in [4.69, 9.17) is 4.98 Å². The number of aromatic nitrogens is 3. The Kier molecular flexibility index (Phi) is 5.42. The van der Waals surface area contributed by atoms with Crippen molar-refractivity contribution in [2.45, 2.75) is 67.7 Å². The smallest absolute Gasteiger partial charge is 0.268 e. The summed E-state index contributed by atoms with van der Waals surface area (Å²) in [7, 11) is -3.94. The number of imidazole rings is 1. The minimum Gasteiger partial charge on any atom is -0.598 e. The molecular weight excluding hydrogens is 492 g/mol. The third-order valence-electron chi connectivity index (χ3n) is 7.39. The minimum atomic E-state index is -3.94. The van der Waals surface area contributed by atoms with Crippen LogP contribution in [0.2, 0.25) is 0 Å². The van der Waals surface area contributed by atoms with Crippen LogP contribution in [0.1, 0.15) is 63.2 Å². The number of nitrogens with zero attached hydrogens (tertiary/aromatic N) is 3. The van der Waals surface area contributed by atoms with Gasteiger partial charge in [0.1, 0.15) is 10.8 Å². The fourth-order valence-corrected chi connectivity index (χ4v) is 7.62. The molecule has 4 aromatic rings. The molecule has 2 atom stereocenters. The van der Waals surface area contributed by atoms with Gasteiger partial charge in [-0.25, -0.2) is 17.4 Å².